The normalized spacial score (nSPS) is 17.1. The van der Waals surface area contributed by atoms with Crippen LogP contribution in [0.2, 0.25) is 0 Å². The molecule has 1 heterocycles. The van der Waals surface area contributed by atoms with E-state index in [9.17, 15) is 4.79 Å². The van der Waals surface area contributed by atoms with E-state index in [-0.39, 0.29) is 11.9 Å². The van der Waals surface area contributed by atoms with E-state index >= 15 is 0 Å². The third-order valence-electron chi connectivity index (χ3n) is 4.87. The van der Waals surface area contributed by atoms with Crippen molar-refractivity contribution in [2.24, 2.45) is 0 Å². The summed E-state index contributed by atoms with van der Waals surface area (Å²) in [4.78, 5) is 14.4. The van der Waals surface area contributed by atoms with Gasteiger partial charge in [0.2, 0.25) is 5.91 Å². The fourth-order valence-corrected chi connectivity index (χ4v) is 3.44. The van der Waals surface area contributed by atoms with Gasteiger partial charge in [-0.15, -0.1) is 0 Å². The van der Waals surface area contributed by atoms with E-state index < -0.39 is 0 Å². The third-order valence-corrected chi connectivity index (χ3v) is 4.87. The lowest BCUT2D eigenvalue weighted by Gasteiger charge is -2.24. The smallest absolute Gasteiger partial charge is 0.249 e. The number of hydrogen-bond donors (Lipinski definition) is 0. The summed E-state index contributed by atoms with van der Waals surface area (Å²) in [6.45, 7) is 6.05. The molecule has 0 aromatic heterocycles. The zero-order chi connectivity index (χ0) is 18.2. The van der Waals surface area contributed by atoms with Crippen molar-refractivity contribution >= 4 is 5.91 Å². The van der Waals surface area contributed by atoms with E-state index in [0.717, 1.165) is 37.9 Å². The van der Waals surface area contributed by atoms with Gasteiger partial charge in [0.15, 0.2) is 0 Å². The van der Waals surface area contributed by atoms with Crippen molar-refractivity contribution in [2.75, 3.05) is 6.61 Å². The van der Waals surface area contributed by atoms with E-state index in [0.29, 0.717) is 13.2 Å². The van der Waals surface area contributed by atoms with Crippen molar-refractivity contribution in [3.05, 3.63) is 83.9 Å². The van der Waals surface area contributed by atoms with Gasteiger partial charge in [-0.25, -0.2) is 0 Å². The van der Waals surface area contributed by atoms with Gasteiger partial charge >= 0.3 is 0 Å². The summed E-state index contributed by atoms with van der Waals surface area (Å²) in [5, 5.41) is 0. The molecule has 1 amide bonds. The molecule has 0 aliphatic carbocycles. The summed E-state index contributed by atoms with van der Waals surface area (Å²) in [6.07, 6.45) is 3.87. The Morgan fingerprint density at radius 3 is 2.31 bits per heavy atom. The van der Waals surface area contributed by atoms with Crippen LogP contribution in [0, 0.1) is 0 Å². The maximum absolute atomic E-state index is 12.4. The van der Waals surface area contributed by atoms with Crippen molar-refractivity contribution < 1.29 is 9.53 Å². The first kappa shape index (κ1) is 18.4. The highest BCUT2D eigenvalue weighted by Gasteiger charge is 2.33. The second-order valence-corrected chi connectivity index (χ2v) is 6.91. The fourth-order valence-electron chi connectivity index (χ4n) is 3.44. The SMILES string of the molecule is C=C1CC(CCCCOCc2ccccc2)N(Cc2ccccc2)C1=O. The molecule has 3 rings (SSSR count). The number of likely N-dealkylation sites (tertiary alicyclic amines) is 1. The molecule has 1 aliphatic heterocycles. The van der Waals surface area contributed by atoms with Gasteiger partial charge in [0, 0.05) is 24.8 Å². The lowest BCUT2D eigenvalue weighted by Crippen LogP contribution is -2.32. The fraction of sp³-hybridized carbons (Fsp3) is 0.348. The number of carbonyl (C=O) groups is 1. The third kappa shape index (κ3) is 5.06. The Balaban J connectivity index is 1.41. The zero-order valence-electron chi connectivity index (χ0n) is 15.3. The van der Waals surface area contributed by atoms with E-state index in [1.807, 2.05) is 41.3 Å². The minimum absolute atomic E-state index is 0.110. The molecule has 0 radical (unpaired) electrons. The topological polar surface area (TPSA) is 29.5 Å². The number of ether oxygens (including phenoxy) is 1. The first-order valence-electron chi connectivity index (χ1n) is 9.38. The summed E-state index contributed by atoms with van der Waals surface area (Å²) in [5.74, 6) is 0.110. The maximum Gasteiger partial charge on any atom is 0.249 e. The molecule has 1 aliphatic rings. The molecule has 1 atom stereocenters. The maximum atomic E-state index is 12.4. The van der Waals surface area contributed by atoms with Crippen LogP contribution < -0.4 is 0 Å². The van der Waals surface area contributed by atoms with E-state index in [4.69, 9.17) is 4.74 Å². The Labute approximate surface area is 156 Å². The monoisotopic (exact) mass is 349 g/mol. The van der Waals surface area contributed by atoms with Crippen LogP contribution in [0.1, 0.15) is 36.8 Å². The lowest BCUT2D eigenvalue weighted by atomic mass is 10.1. The van der Waals surface area contributed by atoms with Crippen LogP contribution in [0.25, 0.3) is 0 Å². The van der Waals surface area contributed by atoms with Crippen LogP contribution in [-0.2, 0) is 22.7 Å². The minimum atomic E-state index is 0.110. The molecular weight excluding hydrogens is 322 g/mol. The van der Waals surface area contributed by atoms with Crippen LogP contribution in [0.5, 0.6) is 0 Å². The van der Waals surface area contributed by atoms with Gasteiger partial charge in [-0.1, -0.05) is 67.2 Å². The van der Waals surface area contributed by atoms with Gasteiger partial charge in [0.05, 0.1) is 6.61 Å². The second-order valence-electron chi connectivity index (χ2n) is 6.91. The number of hydrogen-bond acceptors (Lipinski definition) is 2. The Morgan fingerprint density at radius 2 is 1.62 bits per heavy atom. The molecule has 1 fully saturated rings. The Kier molecular flexibility index (Phi) is 6.62. The standard InChI is InChI=1S/C23H27NO2/c1-19-16-22(24(23(19)25)17-20-10-4-2-5-11-20)14-8-9-15-26-18-21-12-6-3-7-13-21/h2-7,10-13,22H,1,8-9,14-18H2. The Hall–Kier alpha value is -2.39. The van der Waals surface area contributed by atoms with Gasteiger partial charge in [0.1, 0.15) is 0 Å². The Morgan fingerprint density at radius 1 is 0.962 bits per heavy atom. The summed E-state index contributed by atoms with van der Waals surface area (Å²) in [6, 6.07) is 20.7. The zero-order valence-corrected chi connectivity index (χ0v) is 15.3. The molecule has 3 nitrogen and oxygen atoms in total. The van der Waals surface area contributed by atoms with Crippen LogP contribution in [0.4, 0.5) is 0 Å². The first-order chi connectivity index (χ1) is 12.7. The number of carbonyl (C=O) groups excluding carboxylic acids is 1. The molecule has 1 saturated heterocycles. The number of unbranched alkanes of at least 4 members (excludes halogenated alkanes) is 1. The molecule has 3 heteroatoms. The van der Waals surface area contributed by atoms with Crippen LogP contribution in [0.3, 0.4) is 0 Å². The average Bonchev–Trinajstić information content (AvgIpc) is 2.94. The van der Waals surface area contributed by atoms with Crippen LogP contribution >= 0.6 is 0 Å². The summed E-state index contributed by atoms with van der Waals surface area (Å²) in [5.41, 5.74) is 3.12. The van der Waals surface area contributed by atoms with E-state index in [1.54, 1.807) is 0 Å². The quantitative estimate of drug-likeness (QED) is 0.484. The number of benzene rings is 2. The van der Waals surface area contributed by atoms with Gasteiger partial charge in [-0.2, -0.15) is 0 Å². The largest absolute Gasteiger partial charge is 0.377 e. The highest BCUT2D eigenvalue weighted by Crippen LogP contribution is 2.28. The molecule has 1 unspecified atom stereocenters. The van der Waals surface area contributed by atoms with Gasteiger partial charge < -0.3 is 9.64 Å². The molecular formula is C23H27NO2. The van der Waals surface area contributed by atoms with Gasteiger partial charge in [0.25, 0.3) is 0 Å². The lowest BCUT2D eigenvalue weighted by molar-refractivity contribution is -0.126. The molecule has 2 aromatic carbocycles. The molecule has 0 N–H and O–H groups in total. The van der Waals surface area contributed by atoms with Gasteiger partial charge in [-0.3, -0.25) is 4.79 Å². The molecule has 0 bridgehead atoms. The average molecular weight is 349 g/mol. The van der Waals surface area contributed by atoms with E-state index in [1.165, 1.54) is 11.1 Å². The summed E-state index contributed by atoms with van der Waals surface area (Å²) < 4.78 is 5.75. The van der Waals surface area contributed by atoms with Gasteiger partial charge in [-0.05, 0) is 36.8 Å². The van der Waals surface area contributed by atoms with Crippen molar-refractivity contribution in [3.63, 3.8) is 0 Å². The summed E-state index contributed by atoms with van der Waals surface area (Å²) >= 11 is 0. The molecule has 136 valence electrons. The molecule has 2 aromatic rings. The number of rotatable bonds is 9. The van der Waals surface area contributed by atoms with Crippen molar-refractivity contribution in [2.45, 2.75) is 44.9 Å². The Bertz CT molecular complexity index is 712. The van der Waals surface area contributed by atoms with E-state index in [2.05, 4.69) is 30.8 Å². The first-order valence-corrected chi connectivity index (χ1v) is 9.38. The van der Waals surface area contributed by atoms with Crippen molar-refractivity contribution in [3.8, 4) is 0 Å². The second kappa shape index (κ2) is 9.35. The molecule has 0 spiro atoms. The van der Waals surface area contributed by atoms with Crippen molar-refractivity contribution in [1.29, 1.82) is 0 Å². The number of amides is 1. The molecule has 0 saturated carbocycles. The predicted molar refractivity (Wildman–Crippen MR) is 104 cm³/mol. The van der Waals surface area contributed by atoms with Crippen LogP contribution in [0.15, 0.2) is 72.8 Å². The number of nitrogens with zero attached hydrogens (tertiary/aromatic N) is 1. The minimum Gasteiger partial charge on any atom is -0.377 e. The van der Waals surface area contributed by atoms with Crippen molar-refractivity contribution in [1.82, 2.24) is 4.90 Å². The predicted octanol–water partition coefficient (Wildman–Crippen LogP) is 4.73. The molecule has 26 heavy (non-hydrogen) atoms. The summed E-state index contributed by atoms with van der Waals surface area (Å²) in [7, 11) is 0. The highest BCUT2D eigenvalue weighted by molar-refractivity contribution is 5.95. The highest BCUT2D eigenvalue weighted by atomic mass is 16.5. The van der Waals surface area contributed by atoms with Crippen LogP contribution in [-0.4, -0.2) is 23.5 Å².